The largest absolute Gasteiger partial charge is 0.393 e. The Labute approximate surface area is 103 Å². The van der Waals surface area contributed by atoms with Gasteiger partial charge in [0.05, 0.1) is 10.7 Å². The number of hydrogen-bond acceptors (Lipinski definition) is 3. The lowest BCUT2D eigenvalue weighted by Crippen LogP contribution is -2.32. The molecule has 0 saturated carbocycles. The number of pyridine rings is 1. The van der Waals surface area contributed by atoms with Gasteiger partial charge in [-0.25, -0.2) is 0 Å². The summed E-state index contributed by atoms with van der Waals surface area (Å²) in [6, 6.07) is 4.38. The van der Waals surface area contributed by atoms with Gasteiger partial charge in [-0.3, -0.25) is 9.88 Å². The zero-order chi connectivity index (χ0) is 12.1. The van der Waals surface area contributed by atoms with Gasteiger partial charge in [-0.05, 0) is 32.5 Å². The van der Waals surface area contributed by atoms with Crippen molar-refractivity contribution in [1.29, 1.82) is 0 Å². The van der Waals surface area contributed by atoms with Crippen molar-refractivity contribution in [2.75, 3.05) is 7.05 Å². The SMILES string of the molecule is Cc1cccnc1CN(C)C(C)CC(N)=S. The topological polar surface area (TPSA) is 42.2 Å². The van der Waals surface area contributed by atoms with Gasteiger partial charge in [-0.2, -0.15) is 0 Å². The third-order valence-corrected chi connectivity index (χ3v) is 2.93. The Morgan fingerprint density at radius 1 is 1.62 bits per heavy atom. The minimum absolute atomic E-state index is 0.346. The number of aryl methyl sites for hydroxylation is 1. The number of nitrogens with zero attached hydrogens (tertiary/aromatic N) is 2. The van der Waals surface area contributed by atoms with Gasteiger partial charge in [0, 0.05) is 25.2 Å². The smallest absolute Gasteiger partial charge is 0.0742 e. The van der Waals surface area contributed by atoms with E-state index in [1.807, 2.05) is 12.3 Å². The van der Waals surface area contributed by atoms with E-state index >= 15 is 0 Å². The van der Waals surface area contributed by atoms with E-state index < -0.39 is 0 Å². The Kier molecular flexibility index (Phi) is 4.83. The molecular formula is C12H19N3S. The molecule has 1 atom stereocenters. The van der Waals surface area contributed by atoms with Crippen LogP contribution in [0.4, 0.5) is 0 Å². The Hall–Kier alpha value is -1.00. The molecule has 0 amide bonds. The van der Waals surface area contributed by atoms with Gasteiger partial charge in [0.15, 0.2) is 0 Å². The second-order valence-corrected chi connectivity index (χ2v) is 4.73. The summed E-state index contributed by atoms with van der Waals surface area (Å²) in [7, 11) is 2.07. The van der Waals surface area contributed by atoms with E-state index in [2.05, 4.69) is 36.8 Å². The summed E-state index contributed by atoms with van der Waals surface area (Å²) in [4.78, 5) is 7.16. The molecule has 1 aromatic heterocycles. The molecule has 1 unspecified atom stereocenters. The molecule has 1 aromatic rings. The van der Waals surface area contributed by atoms with Gasteiger partial charge in [0.25, 0.3) is 0 Å². The van der Waals surface area contributed by atoms with Crippen molar-refractivity contribution in [2.24, 2.45) is 5.73 Å². The molecule has 0 bridgehead atoms. The van der Waals surface area contributed by atoms with Crippen LogP contribution in [0.1, 0.15) is 24.6 Å². The lowest BCUT2D eigenvalue weighted by molar-refractivity contribution is 0.252. The maximum atomic E-state index is 5.54. The molecule has 1 rings (SSSR count). The Morgan fingerprint density at radius 2 is 2.31 bits per heavy atom. The van der Waals surface area contributed by atoms with Crippen molar-refractivity contribution in [1.82, 2.24) is 9.88 Å². The van der Waals surface area contributed by atoms with E-state index in [0.717, 1.165) is 18.7 Å². The van der Waals surface area contributed by atoms with Crippen LogP contribution in [0, 0.1) is 6.92 Å². The van der Waals surface area contributed by atoms with E-state index in [-0.39, 0.29) is 0 Å². The van der Waals surface area contributed by atoms with Crippen LogP contribution in [0.2, 0.25) is 0 Å². The van der Waals surface area contributed by atoms with Gasteiger partial charge < -0.3 is 5.73 Å². The van der Waals surface area contributed by atoms with Crippen LogP contribution in [0.25, 0.3) is 0 Å². The van der Waals surface area contributed by atoms with Crippen molar-refractivity contribution < 1.29 is 0 Å². The summed E-state index contributed by atoms with van der Waals surface area (Å²) in [6.07, 6.45) is 2.58. The highest BCUT2D eigenvalue weighted by atomic mass is 32.1. The lowest BCUT2D eigenvalue weighted by Gasteiger charge is -2.24. The standard InChI is InChI=1S/C12H19N3S/c1-9-5-4-6-14-11(9)8-15(3)10(2)7-12(13)16/h4-6,10H,7-8H2,1-3H3,(H2,13,16). The summed E-state index contributed by atoms with van der Waals surface area (Å²) in [6.45, 7) is 5.03. The average Bonchev–Trinajstić information content (AvgIpc) is 2.20. The van der Waals surface area contributed by atoms with Crippen molar-refractivity contribution in [3.8, 4) is 0 Å². The molecule has 0 fully saturated rings. The molecule has 1 heterocycles. The zero-order valence-electron chi connectivity index (χ0n) is 10.1. The van der Waals surface area contributed by atoms with Crippen LogP contribution in [0.3, 0.4) is 0 Å². The van der Waals surface area contributed by atoms with Gasteiger partial charge in [-0.15, -0.1) is 0 Å². The third kappa shape index (κ3) is 3.87. The predicted molar refractivity (Wildman–Crippen MR) is 71.3 cm³/mol. The molecule has 2 N–H and O–H groups in total. The quantitative estimate of drug-likeness (QED) is 0.794. The molecule has 16 heavy (non-hydrogen) atoms. The van der Waals surface area contributed by atoms with Gasteiger partial charge >= 0.3 is 0 Å². The first-order chi connectivity index (χ1) is 7.50. The summed E-state index contributed by atoms with van der Waals surface area (Å²) in [5, 5.41) is 0. The van der Waals surface area contributed by atoms with Gasteiger partial charge in [0.1, 0.15) is 0 Å². The maximum Gasteiger partial charge on any atom is 0.0742 e. The predicted octanol–water partition coefficient (Wildman–Crippen LogP) is 1.89. The molecule has 0 aliphatic heterocycles. The second-order valence-electron chi connectivity index (χ2n) is 4.20. The van der Waals surface area contributed by atoms with E-state index in [4.69, 9.17) is 18.0 Å². The summed E-state index contributed by atoms with van der Waals surface area (Å²) >= 11 is 4.92. The highest BCUT2D eigenvalue weighted by Gasteiger charge is 2.12. The third-order valence-electron chi connectivity index (χ3n) is 2.77. The Bertz CT molecular complexity index is 365. The highest BCUT2D eigenvalue weighted by Crippen LogP contribution is 2.10. The molecule has 0 aliphatic rings. The molecule has 0 aromatic carbocycles. The molecular weight excluding hydrogens is 218 g/mol. The highest BCUT2D eigenvalue weighted by molar-refractivity contribution is 7.80. The fourth-order valence-electron chi connectivity index (χ4n) is 1.52. The lowest BCUT2D eigenvalue weighted by atomic mass is 10.1. The van der Waals surface area contributed by atoms with Crippen LogP contribution in [0.15, 0.2) is 18.3 Å². The van der Waals surface area contributed by atoms with Crippen molar-refractivity contribution in [3.05, 3.63) is 29.6 Å². The van der Waals surface area contributed by atoms with Gasteiger partial charge in [0.2, 0.25) is 0 Å². The molecule has 4 heteroatoms. The molecule has 88 valence electrons. The second kappa shape index (κ2) is 5.92. The first kappa shape index (κ1) is 13.1. The average molecular weight is 237 g/mol. The molecule has 3 nitrogen and oxygen atoms in total. The van der Waals surface area contributed by atoms with Crippen LogP contribution < -0.4 is 5.73 Å². The van der Waals surface area contributed by atoms with Crippen LogP contribution in [-0.2, 0) is 6.54 Å². The van der Waals surface area contributed by atoms with Crippen LogP contribution in [0.5, 0.6) is 0 Å². The summed E-state index contributed by atoms with van der Waals surface area (Å²) in [5.41, 5.74) is 7.87. The summed E-state index contributed by atoms with van der Waals surface area (Å²) < 4.78 is 0. The summed E-state index contributed by atoms with van der Waals surface area (Å²) in [5.74, 6) is 0. The minimum Gasteiger partial charge on any atom is -0.393 e. The van der Waals surface area contributed by atoms with E-state index in [1.54, 1.807) is 0 Å². The van der Waals surface area contributed by atoms with E-state index in [9.17, 15) is 0 Å². The fraction of sp³-hybridized carbons (Fsp3) is 0.500. The first-order valence-electron chi connectivity index (χ1n) is 5.39. The van der Waals surface area contributed by atoms with Gasteiger partial charge in [-0.1, -0.05) is 18.3 Å². The monoisotopic (exact) mass is 237 g/mol. The van der Waals surface area contributed by atoms with E-state index in [0.29, 0.717) is 11.0 Å². The fourth-order valence-corrected chi connectivity index (χ4v) is 1.76. The molecule has 0 radical (unpaired) electrons. The normalized spacial score (nSPS) is 12.8. The van der Waals surface area contributed by atoms with Crippen molar-refractivity contribution in [3.63, 3.8) is 0 Å². The van der Waals surface area contributed by atoms with Crippen LogP contribution >= 0.6 is 12.2 Å². The van der Waals surface area contributed by atoms with E-state index in [1.165, 1.54) is 5.56 Å². The number of thiocarbonyl (C=S) groups is 1. The molecule has 0 spiro atoms. The van der Waals surface area contributed by atoms with Crippen LogP contribution in [-0.4, -0.2) is 28.0 Å². The number of hydrogen-bond donors (Lipinski definition) is 1. The number of rotatable bonds is 5. The molecule has 0 aliphatic carbocycles. The van der Waals surface area contributed by atoms with Crippen molar-refractivity contribution >= 4 is 17.2 Å². The Balaban J connectivity index is 2.60. The zero-order valence-corrected chi connectivity index (χ0v) is 10.9. The maximum absolute atomic E-state index is 5.54. The number of aromatic nitrogens is 1. The first-order valence-corrected chi connectivity index (χ1v) is 5.80. The number of nitrogens with two attached hydrogens (primary N) is 1. The Morgan fingerprint density at radius 3 is 2.88 bits per heavy atom. The minimum atomic E-state index is 0.346. The molecule has 0 saturated heterocycles. The van der Waals surface area contributed by atoms with Crippen molar-refractivity contribution in [2.45, 2.75) is 32.9 Å².